The molecule has 4 rings (SSSR count). The van der Waals surface area contributed by atoms with Gasteiger partial charge in [0.05, 0.1) is 18.4 Å². The van der Waals surface area contributed by atoms with Gasteiger partial charge in [0.15, 0.2) is 17.6 Å². The maximum absolute atomic E-state index is 14.0. The summed E-state index contributed by atoms with van der Waals surface area (Å²) >= 11 is 0. The predicted octanol–water partition coefficient (Wildman–Crippen LogP) is 2.74. The average Bonchev–Trinajstić information content (AvgIpc) is 3.43. The van der Waals surface area contributed by atoms with Crippen molar-refractivity contribution in [2.45, 2.75) is 25.9 Å². The van der Waals surface area contributed by atoms with Crippen molar-refractivity contribution >= 4 is 11.8 Å². The van der Waals surface area contributed by atoms with Crippen LogP contribution in [0.15, 0.2) is 66.0 Å². The fourth-order valence-electron chi connectivity index (χ4n) is 3.53. The van der Waals surface area contributed by atoms with Gasteiger partial charge in [0.2, 0.25) is 0 Å². The van der Waals surface area contributed by atoms with E-state index in [0.29, 0.717) is 18.9 Å². The molecule has 3 heterocycles. The fourth-order valence-corrected chi connectivity index (χ4v) is 3.53. The summed E-state index contributed by atoms with van der Waals surface area (Å²) in [5, 5.41) is 11.2. The second kappa shape index (κ2) is 9.39. The Kier molecular flexibility index (Phi) is 6.22. The molecule has 0 spiro atoms. The van der Waals surface area contributed by atoms with Crippen molar-refractivity contribution in [1.29, 1.82) is 0 Å². The molecule has 3 aromatic rings. The fraction of sp³-hybridized carbons (Fsp3) is 0.318. The van der Waals surface area contributed by atoms with Crippen LogP contribution in [0.3, 0.4) is 0 Å². The molecule has 1 aliphatic rings. The minimum absolute atomic E-state index is 0.177. The summed E-state index contributed by atoms with van der Waals surface area (Å²) in [6, 6.07) is 13.2. The Hall–Kier alpha value is -3.42. The maximum atomic E-state index is 14.0. The van der Waals surface area contributed by atoms with Gasteiger partial charge in [0.1, 0.15) is 0 Å². The summed E-state index contributed by atoms with van der Waals surface area (Å²) in [5.41, 5.74) is 2.05. The molecule has 0 amide bonds. The summed E-state index contributed by atoms with van der Waals surface area (Å²) in [6.45, 7) is 4.77. The SMILES string of the molecule is CCNC(=NCc1cnn(-c2ccccc2)c1)NC1CCN(c2ncccc2F)C1. The van der Waals surface area contributed by atoms with Gasteiger partial charge >= 0.3 is 0 Å². The van der Waals surface area contributed by atoms with Crippen molar-refractivity contribution in [3.05, 3.63) is 72.4 Å². The van der Waals surface area contributed by atoms with E-state index in [4.69, 9.17) is 4.99 Å². The van der Waals surface area contributed by atoms with Crippen LogP contribution in [-0.2, 0) is 6.54 Å². The van der Waals surface area contributed by atoms with Gasteiger partial charge in [-0.2, -0.15) is 5.10 Å². The topological polar surface area (TPSA) is 70.4 Å². The molecule has 1 atom stereocenters. The molecule has 7 nitrogen and oxygen atoms in total. The second-order valence-electron chi connectivity index (χ2n) is 7.21. The van der Waals surface area contributed by atoms with E-state index >= 15 is 0 Å². The highest BCUT2D eigenvalue weighted by Crippen LogP contribution is 2.20. The zero-order chi connectivity index (χ0) is 20.8. The van der Waals surface area contributed by atoms with Gasteiger partial charge in [0.25, 0.3) is 0 Å². The van der Waals surface area contributed by atoms with Gasteiger partial charge in [-0.15, -0.1) is 0 Å². The van der Waals surface area contributed by atoms with E-state index < -0.39 is 0 Å². The molecule has 0 aliphatic carbocycles. The predicted molar refractivity (Wildman–Crippen MR) is 116 cm³/mol. The minimum atomic E-state index is -0.283. The lowest BCUT2D eigenvalue weighted by atomic mass is 10.3. The van der Waals surface area contributed by atoms with E-state index in [0.717, 1.165) is 36.7 Å². The molecule has 1 unspecified atom stereocenters. The highest BCUT2D eigenvalue weighted by molar-refractivity contribution is 5.80. The summed E-state index contributed by atoms with van der Waals surface area (Å²) in [6.07, 6.45) is 6.34. The number of pyridine rings is 1. The average molecular weight is 407 g/mol. The number of aliphatic imine (C=N–C) groups is 1. The van der Waals surface area contributed by atoms with Crippen molar-refractivity contribution in [1.82, 2.24) is 25.4 Å². The molecule has 0 radical (unpaired) electrons. The number of hydrogen-bond donors (Lipinski definition) is 2. The highest BCUT2D eigenvalue weighted by atomic mass is 19.1. The first-order chi connectivity index (χ1) is 14.7. The molecular weight excluding hydrogens is 381 g/mol. The molecule has 2 aromatic heterocycles. The number of halogens is 1. The van der Waals surface area contributed by atoms with E-state index in [1.165, 1.54) is 6.07 Å². The third-order valence-corrected chi connectivity index (χ3v) is 4.99. The van der Waals surface area contributed by atoms with Gasteiger partial charge in [-0.1, -0.05) is 18.2 Å². The van der Waals surface area contributed by atoms with E-state index in [1.54, 1.807) is 12.3 Å². The Morgan fingerprint density at radius 3 is 2.90 bits per heavy atom. The van der Waals surface area contributed by atoms with Crippen LogP contribution in [-0.4, -0.2) is 46.4 Å². The molecule has 1 saturated heterocycles. The van der Waals surface area contributed by atoms with Crippen LogP contribution in [0, 0.1) is 5.82 Å². The van der Waals surface area contributed by atoms with Crippen LogP contribution in [0.1, 0.15) is 18.9 Å². The highest BCUT2D eigenvalue weighted by Gasteiger charge is 2.25. The molecule has 2 N–H and O–H groups in total. The Labute approximate surface area is 175 Å². The van der Waals surface area contributed by atoms with Crippen molar-refractivity contribution in [2.24, 2.45) is 4.99 Å². The first-order valence-corrected chi connectivity index (χ1v) is 10.2. The van der Waals surface area contributed by atoms with Gasteiger partial charge in [-0.05, 0) is 37.6 Å². The van der Waals surface area contributed by atoms with E-state index in [1.807, 2.05) is 59.2 Å². The van der Waals surface area contributed by atoms with Crippen molar-refractivity contribution in [3.8, 4) is 5.69 Å². The van der Waals surface area contributed by atoms with Crippen molar-refractivity contribution in [3.63, 3.8) is 0 Å². The van der Waals surface area contributed by atoms with E-state index in [2.05, 4.69) is 20.7 Å². The Morgan fingerprint density at radius 2 is 2.10 bits per heavy atom. The largest absolute Gasteiger partial charge is 0.357 e. The normalized spacial score (nSPS) is 16.7. The second-order valence-corrected chi connectivity index (χ2v) is 7.21. The Morgan fingerprint density at radius 1 is 1.23 bits per heavy atom. The zero-order valence-electron chi connectivity index (χ0n) is 17.0. The zero-order valence-corrected chi connectivity index (χ0v) is 17.0. The smallest absolute Gasteiger partial charge is 0.191 e. The van der Waals surface area contributed by atoms with Crippen molar-refractivity contribution in [2.75, 3.05) is 24.5 Å². The lowest BCUT2D eigenvalue weighted by Gasteiger charge is -2.19. The molecule has 1 aliphatic heterocycles. The maximum Gasteiger partial charge on any atom is 0.191 e. The van der Waals surface area contributed by atoms with E-state index in [9.17, 15) is 4.39 Å². The molecule has 156 valence electrons. The van der Waals surface area contributed by atoms with Crippen molar-refractivity contribution < 1.29 is 4.39 Å². The Bertz CT molecular complexity index is 986. The lowest BCUT2D eigenvalue weighted by Crippen LogP contribution is -2.44. The summed E-state index contributed by atoms with van der Waals surface area (Å²) in [4.78, 5) is 10.9. The number of rotatable bonds is 6. The summed E-state index contributed by atoms with van der Waals surface area (Å²) < 4.78 is 15.9. The number of guanidine groups is 1. The van der Waals surface area contributed by atoms with Crippen LogP contribution >= 0.6 is 0 Å². The van der Waals surface area contributed by atoms with Crippen LogP contribution in [0.2, 0.25) is 0 Å². The monoisotopic (exact) mass is 407 g/mol. The molecule has 0 saturated carbocycles. The summed E-state index contributed by atoms with van der Waals surface area (Å²) in [5.74, 6) is 0.879. The minimum Gasteiger partial charge on any atom is -0.357 e. The van der Waals surface area contributed by atoms with Gasteiger partial charge < -0.3 is 15.5 Å². The van der Waals surface area contributed by atoms with Gasteiger partial charge in [0, 0.05) is 43.6 Å². The van der Waals surface area contributed by atoms with Gasteiger partial charge in [-0.25, -0.2) is 19.0 Å². The third-order valence-electron chi connectivity index (χ3n) is 4.99. The first kappa shape index (κ1) is 19.9. The first-order valence-electron chi connectivity index (χ1n) is 10.2. The molecular formula is C22H26FN7. The number of para-hydroxylation sites is 1. The standard InChI is InChI=1S/C22H26FN7/c1-2-24-22(26-13-17-14-27-30(15-17)19-7-4-3-5-8-19)28-18-10-12-29(16-18)21-20(23)9-6-11-25-21/h3-9,11,14-15,18H,2,10,12-13,16H2,1H3,(H2,24,26,28). The number of benzene rings is 1. The third kappa shape index (κ3) is 4.76. The van der Waals surface area contributed by atoms with Crippen LogP contribution in [0.25, 0.3) is 5.69 Å². The molecule has 1 aromatic carbocycles. The molecule has 8 heteroatoms. The van der Waals surface area contributed by atoms with Crippen LogP contribution in [0.5, 0.6) is 0 Å². The van der Waals surface area contributed by atoms with Gasteiger partial charge in [-0.3, -0.25) is 0 Å². The number of aromatic nitrogens is 3. The molecule has 1 fully saturated rings. The molecule has 0 bridgehead atoms. The quantitative estimate of drug-likeness (QED) is 0.486. The number of anilines is 1. The van der Waals surface area contributed by atoms with Crippen LogP contribution < -0.4 is 15.5 Å². The Balaban J connectivity index is 1.38. The van der Waals surface area contributed by atoms with Crippen LogP contribution in [0.4, 0.5) is 10.2 Å². The van der Waals surface area contributed by atoms with E-state index in [-0.39, 0.29) is 11.9 Å². The molecule has 30 heavy (non-hydrogen) atoms. The summed E-state index contributed by atoms with van der Waals surface area (Å²) in [7, 11) is 0. The number of hydrogen-bond acceptors (Lipinski definition) is 4. The number of nitrogens with zero attached hydrogens (tertiary/aromatic N) is 5. The number of nitrogens with one attached hydrogen (secondary N) is 2. The lowest BCUT2D eigenvalue weighted by molar-refractivity contribution is 0.612.